The summed E-state index contributed by atoms with van der Waals surface area (Å²) in [5, 5.41) is 5.49. The molecule has 0 aliphatic carbocycles. The Morgan fingerprint density at radius 1 is 1.25 bits per heavy atom. The van der Waals surface area contributed by atoms with Crippen molar-refractivity contribution in [2.24, 2.45) is 0 Å². The highest BCUT2D eigenvalue weighted by Gasteiger charge is 2.24. The lowest BCUT2D eigenvalue weighted by atomic mass is 10.3. The van der Waals surface area contributed by atoms with E-state index in [1.54, 1.807) is 11.0 Å². The van der Waals surface area contributed by atoms with Crippen molar-refractivity contribution >= 4 is 23.5 Å². The molecular formula is C13H19N5O2. The van der Waals surface area contributed by atoms with Gasteiger partial charge in [-0.25, -0.2) is 9.97 Å². The highest BCUT2D eigenvalue weighted by molar-refractivity contribution is 6.02. The van der Waals surface area contributed by atoms with Crippen molar-refractivity contribution in [3.8, 4) is 0 Å². The molecule has 7 nitrogen and oxygen atoms in total. The number of nitrogens with zero attached hydrogens (tertiary/aromatic N) is 3. The van der Waals surface area contributed by atoms with Gasteiger partial charge in [-0.05, 0) is 6.42 Å². The van der Waals surface area contributed by atoms with Crippen LogP contribution in [0.3, 0.4) is 0 Å². The Bertz CT molecular complexity index is 501. The standard InChI is InChI=1S/C13H19N5O2/c1-3-5-14-10-6-11(16-9(4-2)15-10)18-7-12(19)17-13(20)8-18/h6H,3-5,7-8H2,1-2H3,(H,14,15,16)(H,17,19,20). The Hall–Kier alpha value is -2.18. The number of hydrogen-bond donors (Lipinski definition) is 2. The van der Waals surface area contributed by atoms with E-state index in [0.717, 1.165) is 18.8 Å². The highest BCUT2D eigenvalue weighted by atomic mass is 16.2. The van der Waals surface area contributed by atoms with Crippen LogP contribution in [0.15, 0.2) is 6.07 Å². The van der Waals surface area contributed by atoms with Crippen LogP contribution in [0.2, 0.25) is 0 Å². The number of amides is 2. The molecule has 2 heterocycles. The van der Waals surface area contributed by atoms with Gasteiger partial charge in [0.2, 0.25) is 11.8 Å². The molecule has 2 amide bonds. The minimum absolute atomic E-state index is 0.138. The van der Waals surface area contributed by atoms with E-state index >= 15 is 0 Å². The summed E-state index contributed by atoms with van der Waals surface area (Å²) < 4.78 is 0. The smallest absolute Gasteiger partial charge is 0.246 e. The Morgan fingerprint density at radius 3 is 2.55 bits per heavy atom. The Balaban J connectivity index is 2.25. The van der Waals surface area contributed by atoms with Gasteiger partial charge in [0.05, 0.1) is 13.1 Å². The molecule has 2 rings (SSSR count). The number of rotatable bonds is 5. The third-order valence-electron chi connectivity index (χ3n) is 2.90. The summed E-state index contributed by atoms with van der Waals surface area (Å²) in [5.74, 6) is 1.42. The average molecular weight is 277 g/mol. The summed E-state index contributed by atoms with van der Waals surface area (Å²) in [7, 11) is 0. The van der Waals surface area contributed by atoms with Gasteiger partial charge in [-0.15, -0.1) is 0 Å². The monoisotopic (exact) mass is 277 g/mol. The van der Waals surface area contributed by atoms with E-state index in [9.17, 15) is 9.59 Å². The summed E-state index contributed by atoms with van der Waals surface area (Å²) in [4.78, 5) is 33.3. The number of imide groups is 1. The molecule has 1 fully saturated rings. The second kappa shape index (κ2) is 6.31. The molecule has 1 aliphatic heterocycles. The van der Waals surface area contributed by atoms with Crippen molar-refractivity contribution in [3.05, 3.63) is 11.9 Å². The van der Waals surface area contributed by atoms with E-state index in [4.69, 9.17) is 0 Å². The summed E-state index contributed by atoms with van der Waals surface area (Å²) in [6, 6.07) is 1.78. The molecule has 0 aromatic carbocycles. The predicted molar refractivity (Wildman–Crippen MR) is 75.6 cm³/mol. The van der Waals surface area contributed by atoms with Gasteiger partial charge in [-0.3, -0.25) is 14.9 Å². The third-order valence-corrected chi connectivity index (χ3v) is 2.90. The third kappa shape index (κ3) is 3.43. The van der Waals surface area contributed by atoms with Crippen molar-refractivity contribution in [3.63, 3.8) is 0 Å². The lowest BCUT2D eigenvalue weighted by molar-refractivity contribution is -0.130. The zero-order valence-electron chi connectivity index (χ0n) is 11.8. The molecule has 0 atom stereocenters. The van der Waals surface area contributed by atoms with Crippen LogP contribution in [0.1, 0.15) is 26.1 Å². The Labute approximate surface area is 117 Å². The number of anilines is 2. The molecule has 2 N–H and O–H groups in total. The maximum atomic E-state index is 11.4. The van der Waals surface area contributed by atoms with Crippen LogP contribution in [-0.4, -0.2) is 41.4 Å². The largest absolute Gasteiger partial charge is 0.370 e. The molecule has 1 saturated heterocycles. The van der Waals surface area contributed by atoms with Gasteiger partial charge in [0.15, 0.2) is 0 Å². The maximum absolute atomic E-state index is 11.4. The summed E-state index contributed by atoms with van der Waals surface area (Å²) in [6.45, 7) is 5.14. The number of carbonyl (C=O) groups excluding carboxylic acids is 2. The van der Waals surface area contributed by atoms with Crippen LogP contribution < -0.4 is 15.5 Å². The topological polar surface area (TPSA) is 87.2 Å². The van der Waals surface area contributed by atoms with Gasteiger partial charge in [0.1, 0.15) is 17.5 Å². The van der Waals surface area contributed by atoms with Crippen molar-refractivity contribution in [2.45, 2.75) is 26.7 Å². The van der Waals surface area contributed by atoms with Crippen LogP contribution in [0.4, 0.5) is 11.6 Å². The summed E-state index contributed by atoms with van der Waals surface area (Å²) >= 11 is 0. The minimum atomic E-state index is -0.305. The molecule has 7 heteroatoms. The number of aromatic nitrogens is 2. The van der Waals surface area contributed by atoms with Gasteiger partial charge in [0.25, 0.3) is 0 Å². The molecule has 0 saturated carbocycles. The number of aryl methyl sites for hydroxylation is 1. The lowest BCUT2D eigenvalue weighted by Crippen LogP contribution is -2.51. The molecule has 20 heavy (non-hydrogen) atoms. The maximum Gasteiger partial charge on any atom is 0.246 e. The Morgan fingerprint density at radius 2 is 1.95 bits per heavy atom. The van der Waals surface area contributed by atoms with E-state index in [-0.39, 0.29) is 24.9 Å². The predicted octanol–water partition coefficient (Wildman–Crippen LogP) is 0.324. The second-order valence-corrected chi connectivity index (χ2v) is 4.64. The molecule has 108 valence electrons. The fourth-order valence-corrected chi connectivity index (χ4v) is 1.95. The minimum Gasteiger partial charge on any atom is -0.370 e. The fourth-order valence-electron chi connectivity index (χ4n) is 1.95. The average Bonchev–Trinajstić information content (AvgIpc) is 2.43. The Kier molecular flexibility index (Phi) is 4.49. The van der Waals surface area contributed by atoms with Crippen LogP contribution in [0.5, 0.6) is 0 Å². The molecule has 0 unspecified atom stereocenters. The molecule has 0 spiro atoms. The molecule has 0 radical (unpaired) electrons. The van der Waals surface area contributed by atoms with E-state index in [1.165, 1.54) is 0 Å². The van der Waals surface area contributed by atoms with Crippen LogP contribution >= 0.6 is 0 Å². The van der Waals surface area contributed by atoms with Crippen LogP contribution in [0, 0.1) is 0 Å². The van der Waals surface area contributed by atoms with Gasteiger partial charge >= 0.3 is 0 Å². The van der Waals surface area contributed by atoms with E-state index in [2.05, 4.69) is 27.5 Å². The van der Waals surface area contributed by atoms with Crippen LogP contribution in [0.25, 0.3) is 0 Å². The molecule has 0 bridgehead atoms. The number of carbonyl (C=O) groups is 2. The first-order valence-corrected chi connectivity index (χ1v) is 6.81. The quantitative estimate of drug-likeness (QED) is 0.754. The summed E-state index contributed by atoms with van der Waals surface area (Å²) in [5.41, 5.74) is 0. The number of nitrogens with one attached hydrogen (secondary N) is 2. The first kappa shape index (κ1) is 14.2. The highest BCUT2D eigenvalue weighted by Crippen LogP contribution is 2.17. The molecule has 1 aromatic rings. The molecular weight excluding hydrogens is 258 g/mol. The number of hydrogen-bond acceptors (Lipinski definition) is 6. The zero-order chi connectivity index (χ0) is 14.5. The van der Waals surface area contributed by atoms with Crippen molar-refractivity contribution in [1.29, 1.82) is 0 Å². The van der Waals surface area contributed by atoms with Gasteiger partial charge < -0.3 is 10.2 Å². The molecule has 1 aromatic heterocycles. The lowest BCUT2D eigenvalue weighted by Gasteiger charge is -2.26. The first-order chi connectivity index (χ1) is 9.62. The van der Waals surface area contributed by atoms with Gasteiger partial charge in [-0.1, -0.05) is 13.8 Å². The van der Waals surface area contributed by atoms with E-state index in [0.29, 0.717) is 18.1 Å². The van der Waals surface area contributed by atoms with Crippen molar-refractivity contribution < 1.29 is 9.59 Å². The number of piperazine rings is 1. The molecule has 1 aliphatic rings. The summed E-state index contributed by atoms with van der Waals surface area (Å²) in [6.07, 6.45) is 1.69. The second-order valence-electron chi connectivity index (χ2n) is 4.64. The van der Waals surface area contributed by atoms with Crippen molar-refractivity contribution in [1.82, 2.24) is 15.3 Å². The van der Waals surface area contributed by atoms with E-state index < -0.39 is 0 Å². The van der Waals surface area contributed by atoms with E-state index in [1.807, 2.05) is 6.92 Å². The van der Waals surface area contributed by atoms with Gasteiger partial charge in [-0.2, -0.15) is 0 Å². The fraction of sp³-hybridized carbons (Fsp3) is 0.538. The van der Waals surface area contributed by atoms with Gasteiger partial charge in [0, 0.05) is 19.0 Å². The normalized spacial score (nSPS) is 15.2. The first-order valence-electron chi connectivity index (χ1n) is 6.81. The van der Waals surface area contributed by atoms with Crippen LogP contribution in [-0.2, 0) is 16.0 Å². The SMILES string of the molecule is CCCNc1cc(N2CC(=O)NC(=O)C2)nc(CC)n1. The van der Waals surface area contributed by atoms with Crippen molar-refractivity contribution in [2.75, 3.05) is 29.9 Å². The zero-order valence-corrected chi connectivity index (χ0v) is 11.8.